The topological polar surface area (TPSA) is 46.2 Å². The molecule has 0 aromatic heterocycles. The van der Waals surface area contributed by atoms with Gasteiger partial charge < -0.3 is 0 Å². The molecule has 1 saturated heterocycles. The quantitative estimate of drug-likeness (QED) is 0.530. The summed E-state index contributed by atoms with van der Waals surface area (Å²) in [6.07, 6.45) is 1.77. The molecule has 4 heteroatoms. The van der Waals surface area contributed by atoms with E-state index in [2.05, 4.69) is 4.72 Å². The van der Waals surface area contributed by atoms with Gasteiger partial charge in [0.25, 0.3) is 0 Å². The normalized spacial score (nSPS) is 34.1. The highest BCUT2D eigenvalue weighted by atomic mass is 32.2. The maximum absolute atomic E-state index is 10.7. The van der Waals surface area contributed by atoms with Gasteiger partial charge >= 0.3 is 0 Å². The van der Waals surface area contributed by atoms with E-state index in [-0.39, 0.29) is 6.04 Å². The third-order valence-corrected chi connectivity index (χ3v) is 3.02. The molecule has 0 bridgehead atoms. The number of nitrogens with one attached hydrogen (secondary N) is 1. The molecule has 0 aromatic carbocycles. The summed E-state index contributed by atoms with van der Waals surface area (Å²) in [5.74, 6) is 0.303. The Kier molecular flexibility index (Phi) is 1.77. The van der Waals surface area contributed by atoms with Crippen molar-refractivity contribution in [3.63, 3.8) is 0 Å². The summed E-state index contributed by atoms with van der Waals surface area (Å²) in [6, 6.07) is 0.142. The Balaban J connectivity index is 2.62. The predicted molar refractivity (Wildman–Crippen MR) is 35.6 cm³/mol. The second-order valence-corrected chi connectivity index (χ2v) is 4.35. The molecule has 0 amide bonds. The van der Waals surface area contributed by atoms with E-state index in [1.807, 2.05) is 6.92 Å². The van der Waals surface area contributed by atoms with Crippen LogP contribution in [0.3, 0.4) is 0 Å². The number of sulfonamides is 1. The zero-order valence-electron chi connectivity index (χ0n) is 5.42. The van der Waals surface area contributed by atoms with Gasteiger partial charge in [0.05, 0.1) is 5.75 Å². The molecule has 1 heterocycles. The highest BCUT2D eigenvalue weighted by Crippen LogP contribution is 2.06. The van der Waals surface area contributed by atoms with Gasteiger partial charge in [-0.2, -0.15) is 0 Å². The molecule has 1 rings (SSSR count). The van der Waals surface area contributed by atoms with Crippen LogP contribution in [0.5, 0.6) is 0 Å². The van der Waals surface area contributed by atoms with Gasteiger partial charge in [0.15, 0.2) is 0 Å². The first kappa shape index (κ1) is 7.02. The molecule has 1 fully saturated rings. The lowest BCUT2D eigenvalue weighted by molar-refractivity contribution is 0.515. The van der Waals surface area contributed by atoms with Crippen molar-refractivity contribution < 1.29 is 8.42 Å². The van der Waals surface area contributed by atoms with Gasteiger partial charge in [-0.05, 0) is 19.8 Å². The Bertz CT molecular complexity index is 185. The van der Waals surface area contributed by atoms with Crippen LogP contribution in [0.1, 0.15) is 19.8 Å². The zero-order valence-corrected chi connectivity index (χ0v) is 6.24. The minimum atomic E-state index is -2.88. The molecule has 1 atom stereocenters. The van der Waals surface area contributed by atoms with Crippen LogP contribution in [-0.2, 0) is 10.0 Å². The Labute approximate surface area is 55.5 Å². The maximum Gasteiger partial charge on any atom is 0.211 e. The summed E-state index contributed by atoms with van der Waals surface area (Å²) in [6.45, 7) is 1.89. The molecule has 0 radical (unpaired) electrons. The van der Waals surface area contributed by atoms with Crippen molar-refractivity contribution >= 4 is 10.0 Å². The largest absolute Gasteiger partial charge is 0.212 e. The lowest BCUT2D eigenvalue weighted by Gasteiger charge is -2.18. The average molecular weight is 149 g/mol. The standard InChI is InChI=1S/C5H11NO2S/c1-5-3-2-4-9(7,8)6-5/h5-6H,2-4H2,1H3. The van der Waals surface area contributed by atoms with E-state index in [0.717, 1.165) is 12.8 Å². The molecule has 1 aliphatic heterocycles. The van der Waals surface area contributed by atoms with Crippen molar-refractivity contribution in [2.24, 2.45) is 0 Å². The second-order valence-electron chi connectivity index (χ2n) is 2.48. The number of hydrogen-bond donors (Lipinski definition) is 1. The van der Waals surface area contributed by atoms with E-state index >= 15 is 0 Å². The van der Waals surface area contributed by atoms with Crippen LogP contribution in [0.25, 0.3) is 0 Å². The molecule has 0 spiro atoms. The monoisotopic (exact) mass is 149 g/mol. The van der Waals surface area contributed by atoms with Gasteiger partial charge in [0, 0.05) is 6.04 Å². The van der Waals surface area contributed by atoms with Crippen molar-refractivity contribution in [2.45, 2.75) is 25.8 Å². The van der Waals surface area contributed by atoms with Gasteiger partial charge in [0.1, 0.15) is 0 Å². The van der Waals surface area contributed by atoms with Crippen molar-refractivity contribution in [2.75, 3.05) is 5.75 Å². The molecule has 1 N–H and O–H groups in total. The fourth-order valence-corrected chi connectivity index (χ4v) is 2.40. The predicted octanol–water partition coefficient (Wildman–Crippen LogP) is 0.0881. The molecular formula is C5H11NO2S. The van der Waals surface area contributed by atoms with Crippen LogP contribution in [0.4, 0.5) is 0 Å². The second kappa shape index (κ2) is 2.27. The summed E-state index contributed by atoms with van der Waals surface area (Å²) < 4.78 is 24.0. The van der Waals surface area contributed by atoms with E-state index in [4.69, 9.17) is 0 Å². The fourth-order valence-electron chi connectivity index (χ4n) is 1.00. The summed E-state index contributed by atoms with van der Waals surface area (Å²) in [5.41, 5.74) is 0. The van der Waals surface area contributed by atoms with Gasteiger partial charge in [-0.1, -0.05) is 0 Å². The summed E-state index contributed by atoms with van der Waals surface area (Å²) in [5, 5.41) is 0. The molecule has 54 valence electrons. The average Bonchev–Trinajstić information content (AvgIpc) is 1.60. The third kappa shape index (κ3) is 1.95. The maximum atomic E-state index is 10.7. The minimum absolute atomic E-state index is 0.142. The summed E-state index contributed by atoms with van der Waals surface area (Å²) >= 11 is 0. The summed E-state index contributed by atoms with van der Waals surface area (Å²) in [7, 11) is -2.88. The molecule has 0 saturated carbocycles. The van der Waals surface area contributed by atoms with E-state index in [1.165, 1.54) is 0 Å². The number of rotatable bonds is 0. The van der Waals surface area contributed by atoms with Crippen LogP contribution in [0.15, 0.2) is 0 Å². The minimum Gasteiger partial charge on any atom is -0.212 e. The molecule has 1 aliphatic rings. The smallest absolute Gasteiger partial charge is 0.211 e. The van der Waals surface area contributed by atoms with Gasteiger partial charge in [-0.3, -0.25) is 0 Å². The first-order valence-electron chi connectivity index (χ1n) is 3.10. The van der Waals surface area contributed by atoms with E-state index in [0.29, 0.717) is 5.75 Å². The first-order valence-corrected chi connectivity index (χ1v) is 4.75. The van der Waals surface area contributed by atoms with Crippen LogP contribution in [0, 0.1) is 0 Å². The molecule has 0 aromatic rings. The molecule has 3 nitrogen and oxygen atoms in total. The Morgan fingerprint density at radius 3 is 2.56 bits per heavy atom. The van der Waals surface area contributed by atoms with Crippen molar-refractivity contribution in [3.8, 4) is 0 Å². The molecular weight excluding hydrogens is 138 g/mol. The van der Waals surface area contributed by atoms with E-state index in [1.54, 1.807) is 0 Å². The van der Waals surface area contributed by atoms with Crippen LogP contribution in [-0.4, -0.2) is 20.2 Å². The van der Waals surface area contributed by atoms with Gasteiger partial charge in [-0.25, -0.2) is 13.1 Å². The molecule has 0 aliphatic carbocycles. The van der Waals surface area contributed by atoms with Crippen molar-refractivity contribution in [3.05, 3.63) is 0 Å². The van der Waals surface area contributed by atoms with Crippen molar-refractivity contribution in [1.82, 2.24) is 4.72 Å². The van der Waals surface area contributed by atoms with Crippen LogP contribution >= 0.6 is 0 Å². The van der Waals surface area contributed by atoms with Crippen LogP contribution in [0.2, 0.25) is 0 Å². The number of hydrogen-bond acceptors (Lipinski definition) is 2. The van der Waals surface area contributed by atoms with Gasteiger partial charge in [0.2, 0.25) is 10.0 Å². The fraction of sp³-hybridized carbons (Fsp3) is 1.00. The highest BCUT2D eigenvalue weighted by molar-refractivity contribution is 7.89. The lowest BCUT2D eigenvalue weighted by Crippen LogP contribution is -2.38. The van der Waals surface area contributed by atoms with Crippen LogP contribution < -0.4 is 4.72 Å². The molecule has 9 heavy (non-hydrogen) atoms. The first-order chi connectivity index (χ1) is 4.10. The Morgan fingerprint density at radius 2 is 2.22 bits per heavy atom. The van der Waals surface area contributed by atoms with Crippen molar-refractivity contribution in [1.29, 1.82) is 0 Å². The third-order valence-electron chi connectivity index (χ3n) is 1.43. The van der Waals surface area contributed by atoms with E-state index < -0.39 is 10.0 Å². The molecule has 1 unspecified atom stereocenters. The lowest BCUT2D eigenvalue weighted by atomic mass is 10.2. The Morgan fingerprint density at radius 1 is 1.56 bits per heavy atom. The zero-order chi connectivity index (χ0) is 6.91. The SMILES string of the molecule is CC1CCCS(=O)(=O)N1. The Hall–Kier alpha value is -0.0900. The van der Waals surface area contributed by atoms with E-state index in [9.17, 15) is 8.42 Å². The highest BCUT2D eigenvalue weighted by Gasteiger charge is 2.19. The van der Waals surface area contributed by atoms with Gasteiger partial charge in [-0.15, -0.1) is 0 Å². The summed E-state index contributed by atoms with van der Waals surface area (Å²) in [4.78, 5) is 0.